The van der Waals surface area contributed by atoms with Crippen LogP contribution in [0.4, 0.5) is 5.69 Å². The van der Waals surface area contributed by atoms with Gasteiger partial charge in [0.05, 0.1) is 6.54 Å². The molecule has 2 aromatic carbocycles. The number of nitrogens with two attached hydrogens (primary N) is 2. The molecule has 0 spiro atoms. The Morgan fingerprint density at radius 2 is 1.71 bits per heavy atom. The van der Waals surface area contributed by atoms with Gasteiger partial charge in [-0.3, -0.25) is 9.69 Å². The van der Waals surface area contributed by atoms with E-state index in [9.17, 15) is 9.90 Å². The molecule has 0 aliphatic heterocycles. The third kappa shape index (κ3) is 4.81. The lowest BCUT2D eigenvalue weighted by Crippen LogP contribution is -2.33. The van der Waals surface area contributed by atoms with E-state index in [1.165, 1.54) is 0 Å². The molecular formula is C16H19N3O2. The Hall–Kier alpha value is -2.53. The number of aromatic hydroxyl groups is 1. The van der Waals surface area contributed by atoms with Gasteiger partial charge in [0.2, 0.25) is 5.91 Å². The Balaban J connectivity index is 2.10. The van der Waals surface area contributed by atoms with Crippen molar-refractivity contribution >= 4 is 11.6 Å². The van der Waals surface area contributed by atoms with Gasteiger partial charge in [-0.15, -0.1) is 0 Å². The molecule has 5 nitrogen and oxygen atoms in total. The molecule has 0 heterocycles. The number of carbonyl (C=O) groups excluding carboxylic acids is 1. The highest BCUT2D eigenvalue weighted by Crippen LogP contribution is 2.14. The maximum absolute atomic E-state index is 11.2. The Kier molecular flexibility index (Phi) is 4.79. The Morgan fingerprint density at radius 3 is 2.33 bits per heavy atom. The van der Waals surface area contributed by atoms with E-state index in [1.54, 1.807) is 12.1 Å². The van der Waals surface area contributed by atoms with Crippen molar-refractivity contribution in [2.45, 2.75) is 13.1 Å². The minimum absolute atomic E-state index is 0.162. The molecule has 2 aromatic rings. The number of phenols is 1. The molecule has 5 heteroatoms. The molecule has 0 saturated heterocycles. The quantitative estimate of drug-likeness (QED) is 0.701. The monoisotopic (exact) mass is 285 g/mol. The van der Waals surface area contributed by atoms with E-state index in [1.807, 2.05) is 41.3 Å². The first-order chi connectivity index (χ1) is 10.0. The fraction of sp³-hybridized carbons (Fsp3) is 0.188. The number of anilines is 1. The maximum atomic E-state index is 11.2. The molecular weight excluding hydrogens is 266 g/mol. The van der Waals surface area contributed by atoms with Gasteiger partial charge in [-0.1, -0.05) is 24.3 Å². The van der Waals surface area contributed by atoms with Crippen molar-refractivity contribution < 1.29 is 9.90 Å². The number of nitrogen functional groups attached to an aromatic ring is 1. The molecule has 0 bridgehead atoms. The second-order valence-corrected chi connectivity index (χ2v) is 5.02. The van der Waals surface area contributed by atoms with Crippen LogP contribution < -0.4 is 11.5 Å². The van der Waals surface area contributed by atoms with Gasteiger partial charge in [-0.05, 0) is 35.4 Å². The fourth-order valence-electron chi connectivity index (χ4n) is 2.20. The highest BCUT2D eigenvalue weighted by molar-refractivity contribution is 5.75. The number of amides is 1. The van der Waals surface area contributed by atoms with E-state index in [0.717, 1.165) is 11.1 Å². The van der Waals surface area contributed by atoms with E-state index in [-0.39, 0.29) is 18.2 Å². The summed E-state index contributed by atoms with van der Waals surface area (Å²) < 4.78 is 0. The van der Waals surface area contributed by atoms with Gasteiger partial charge in [0.25, 0.3) is 0 Å². The Morgan fingerprint density at radius 1 is 1.05 bits per heavy atom. The molecule has 0 radical (unpaired) electrons. The van der Waals surface area contributed by atoms with Crippen molar-refractivity contribution in [1.82, 2.24) is 4.90 Å². The highest BCUT2D eigenvalue weighted by atomic mass is 16.3. The van der Waals surface area contributed by atoms with Gasteiger partial charge in [-0.2, -0.15) is 0 Å². The molecule has 0 aromatic heterocycles. The summed E-state index contributed by atoms with van der Waals surface area (Å²) in [7, 11) is 0. The van der Waals surface area contributed by atoms with Crippen LogP contribution in [0.15, 0.2) is 48.5 Å². The second kappa shape index (κ2) is 6.76. The Labute approximate surface area is 123 Å². The van der Waals surface area contributed by atoms with Crippen molar-refractivity contribution in [3.63, 3.8) is 0 Å². The summed E-state index contributed by atoms with van der Waals surface area (Å²) in [5.41, 5.74) is 13.8. The van der Waals surface area contributed by atoms with Crippen molar-refractivity contribution in [2.24, 2.45) is 5.73 Å². The average Bonchev–Trinajstić information content (AvgIpc) is 2.40. The number of rotatable bonds is 6. The number of phenolic OH excluding ortho intramolecular Hbond substituents is 1. The van der Waals surface area contributed by atoms with E-state index < -0.39 is 0 Å². The van der Waals surface area contributed by atoms with Crippen molar-refractivity contribution in [3.05, 3.63) is 59.7 Å². The van der Waals surface area contributed by atoms with Crippen LogP contribution in [0.2, 0.25) is 0 Å². The number of hydrogen-bond donors (Lipinski definition) is 3. The SMILES string of the molecule is NC(=O)CN(Cc1ccc(O)cc1)Cc1cccc(N)c1. The Bertz CT molecular complexity index is 611. The van der Waals surface area contributed by atoms with Crippen LogP contribution in [0.25, 0.3) is 0 Å². The van der Waals surface area contributed by atoms with Crippen LogP contribution in [-0.4, -0.2) is 22.5 Å². The molecule has 110 valence electrons. The molecule has 0 unspecified atom stereocenters. The minimum Gasteiger partial charge on any atom is -0.508 e. The average molecular weight is 285 g/mol. The van der Waals surface area contributed by atoms with E-state index in [0.29, 0.717) is 18.8 Å². The predicted molar refractivity (Wildman–Crippen MR) is 82.3 cm³/mol. The van der Waals surface area contributed by atoms with Gasteiger partial charge < -0.3 is 16.6 Å². The van der Waals surface area contributed by atoms with E-state index >= 15 is 0 Å². The largest absolute Gasteiger partial charge is 0.508 e. The minimum atomic E-state index is -0.377. The summed E-state index contributed by atoms with van der Waals surface area (Å²) in [6.07, 6.45) is 0. The molecule has 2 rings (SSSR count). The number of primary amides is 1. The third-order valence-electron chi connectivity index (χ3n) is 3.08. The number of carbonyl (C=O) groups is 1. The van der Waals surface area contributed by atoms with Crippen molar-refractivity contribution in [3.8, 4) is 5.75 Å². The molecule has 0 fully saturated rings. The van der Waals surface area contributed by atoms with Gasteiger partial charge in [-0.25, -0.2) is 0 Å². The molecule has 0 saturated carbocycles. The van der Waals surface area contributed by atoms with Crippen LogP contribution in [0.1, 0.15) is 11.1 Å². The molecule has 5 N–H and O–H groups in total. The lowest BCUT2D eigenvalue weighted by atomic mass is 10.1. The van der Waals surface area contributed by atoms with Crippen molar-refractivity contribution in [1.29, 1.82) is 0 Å². The normalized spacial score (nSPS) is 10.7. The first kappa shape index (κ1) is 14.9. The van der Waals surface area contributed by atoms with Crippen LogP contribution >= 0.6 is 0 Å². The molecule has 0 aliphatic rings. The fourth-order valence-corrected chi connectivity index (χ4v) is 2.20. The standard InChI is InChI=1S/C16H19N3O2/c17-14-3-1-2-13(8-14)10-19(11-16(18)21)9-12-4-6-15(20)7-5-12/h1-8,20H,9-11,17H2,(H2,18,21). The smallest absolute Gasteiger partial charge is 0.231 e. The summed E-state index contributed by atoms with van der Waals surface area (Å²) in [5.74, 6) is -0.159. The summed E-state index contributed by atoms with van der Waals surface area (Å²) in [5, 5.41) is 9.30. The van der Waals surface area contributed by atoms with E-state index in [2.05, 4.69) is 0 Å². The lowest BCUT2D eigenvalue weighted by molar-refractivity contribution is -0.119. The molecule has 1 amide bonds. The first-order valence-electron chi connectivity index (χ1n) is 6.66. The second-order valence-electron chi connectivity index (χ2n) is 5.02. The van der Waals surface area contributed by atoms with Gasteiger partial charge in [0, 0.05) is 18.8 Å². The summed E-state index contributed by atoms with van der Waals surface area (Å²) >= 11 is 0. The van der Waals surface area contributed by atoms with E-state index in [4.69, 9.17) is 11.5 Å². The van der Waals surface area contributed by atoms with Gasteiger partial charge in [0.1, 0.15) is 5.75 Å². The maximum Gasteiger partial charge on any atom is 0.231 e. The van der Waals surface area contributed by atoms with Crippen molar-refractivity contribution in [2.75, 3.05) is 12.3 Å². The zero-order valence-electron chi connectivity index (χ0n) is 11.7. The zero-order valence-corrected chi connectivity index (χ0v) is 11.7. The number of nitrogens with zero attached hydrogens (tertiary/aromatic N) is 1. The van der Waals surface area contributed by atoms with Crippen LogP contribution in [0.5, 0.6) is 5.75 Å². The zero-order chi connectivity index (χ0) is 15.2. The van der Waals surface area contributed by atoms with Crippen LogP contribution in [0, 0.1) is 0 Å². The molecule has 0 aliphatic carbocycles. The summed E-state index contributed by atoms with van der Waals surface area (Å²) in [4.78, 5) is 13.2. The highest BCUT2D eigenvalue weighted by Gasteiger charge is 2.10. The summed E-state index contributed by atoms with van der Waals surface area (Å²) in [6.45, 7) is 1.31. The number of hydrogen-bond acceptors (Lipinski definition) is 4. The lowest BCUT2D eigenvalue weighted by Gasteiger charge is -2.21. The molecule has 0 atom stereocenters. The predicted octanol–water partition coefficient (Wildman–Crippen LogP) is 1.46. The molecule has 21 heavy (non-hydrogen) atoms. The van der Waals surface area contributed by atoms with Gasteiger partial charge in [0.15, 0.2) is 0 Å². The third-order valence-corrected chi connectivity index (χ3v) is 3.08. The first-order valence-corrected chi connectivity index (χ1v) is 6.66. The number of benzene rings is 2. The van der Waals surface area contributed by atoms with Gasteiger partial charge >= 0.3 is 0 Å². The topological polar surface area (TPSA) is 92.6 Å². The van der Waals surface area contributed by atoms with Crippen LogP contribution in [0.3, 0.4) is 0 Å². The summed E-state index contributed by atoms with van der Waals surface area (Å²) in [6, 6.07) is 14.4. The van der Waals surface area contributed by atoms with Crippen LogP contribution in [-0.2, 0) is 17.9 Å².